The molecule has 0 aliphatic carbocycles. The number of nitrogens with one attached hydrogen (secondary N) is 1. The molecule has 2 aromatic carbocycles. The Kier molecular flexibility index (Phi) is 6.41. The normalized spacial score (nSPS) is 11.5. The zero-order valence-electron chi connectivity index (χ0n) is 14.5. The number of nitrogens with zero attached hydrogens (tertiary/aromatic N) is 1. The molecule has 0 bridgehead atoms. The number of hydrogen-bond acceptors (Lipinski definition) is 4. The van der Waals surface area contributed by atoms with Gasteiger partial charge in [-0.05, 0) is 60.7 Å². The second kappa shape index (κ2) is 8.79. The van der Waals surface area contributed by atoms with Gasteiger partial charge in [0.1, 0.15) is 5.76 Å². The van der Waals surface area contributed by atoms with Crippen LogP contribution in [0.1, 0.15) is 5.76 Å². The third-order valence-corrected chi connectivity index (χ3v) is 6.12. The number of rotatable bonds is 7. The molecule has 0 fully saturated rings. The summed E-state index contributed by atoms with van der Waals surface area (Å²) in [6.07, 6.45) is 1.44. The molecule has 146 valence electrons. The number of furan rings is 1. The molecule has 6 nitrogen and oxygen atoms in total. The van der Waals surface area contributed by atoms with Crippen LogP contribution in [0, 0.1) is 0 Å². The van der Waals surface area contributed by atoms with Crippen LogP contribution in [0.5, 0.6) is 0 Å². The van der Waals surface area contributed by atoms with Crippen LogP contribution < -0.4 is 5.32 Å². The highest BCUT2D eigenvalue weighted by molar-refractivity contribution is 7.89. The molecule has 1 aromatic heterocycles. The molecule has 0 aliphatic rings. The molecule has 3 rings (SSSR count). The summed E-state index contributed by atoms with van der Waals surface area (Å²) in [5.41, 5.74) is 0.510. The van der Waals surface area contributed by atoms with Crippen molar-refractivity contribution < 1.29 is 17.6 Å². The summed E-state index contributed by atoms with van der Waals surface area (Å²) in [5, 5.41) is 3.60. The third-order valence-electron chi connectivity index (χ3n) is 3.81. The third kappa shape index (κ3) is 5.14. The predicted molar refractivity (Wildman–Crippen MR) is 108 cm³/mol. The molecular weight excluding hydrogens is 423 g/mol. The van der Waals surface area contributed by atoms with Crippen molar-refractivity contribution in [1.29, 1.82) is 0 Å². The van der Waals surface area contributed by atoms with Crippen LogP contribution in [-0.2, 0) is 21.4 Å². The largest absolute Gasteiger partial charge is 0.468 e. The van der Waals surface area contributed by atoms with E-state index in [1.165, 1.54) is 30.5 Å². The molecular formula is C19H16Cl2N2O4S. The van der Waals surface area contributed by atoms with E-state index in [1.54, 1.807) is 36.4 Å². The number of sulfonamides is 1. The van der Waals surface area contributed by atoms with E-state index in [0.29, 0.717) is 21.5 Å². The van der Waals surface area contributed by atoms with Crippen molar-refractivity contribution in [1.82, 2.24) is 4.31 Å². The second-order valence-corrected chi connectivity index (χ2v) is 8.67. The Labute approximate surface area is 172 Å². The average molecular weight is 439 g/mol. The summed E-state index contributed by atoms with van der Waals surface area (Å²) in [6, 6.07) is 15.5. The van der Waals surface area contributed by atoms with E-state index < -0.39 is 22.5 Å². The van der Waals surface area contributed by atoms with Crippen LogP contribution in [0.3, 0.4) is 0 Å². The van der Waals surface area contributed by atoms with Gasteiger partial charge in [0, 0.05) is 15.7 Å². The number of halogens is 2. The minimum atomic E-state index is -3.96. The van der Waals surface area contributed by atoms with Gasteiger partial charge in [-0.25, -0.2) is 8.42 Å². The lowest BCUT2D eigenvalue weighted by Crippen LogP contribution is -2.37. The molecule has 1 N–H and O–H groups in total. The van der Waals surface area contributed by atoms with E-state index in [1.807, 2.05) is 0 Å². The molecule has 0 aliphatic heterocycles. The Balaban J connectivity index is 1.83. The van der Waals surface area contributed by atoms with Gasteiger partial charge in [-0.3, -0.25) is 4.79 Å². The predicted octanol–water partition coefficient (Wildman–Crippen LogP) is 4.42. The van der Waals surface area contributed by atoms with E-state index in [-0.39, 0.29) is 11.4 Å². The lowest BCUT2D eigenvalue weighted by atomic mass is 10.3. The first kappa shape index (κ1) is 20.4. The average Bonchev–Trinajstić information content (AvgIpc) is 3.17. The molecule has 1 heterocycles. The Hall–Kier alpha value is -2.32. The molecule has 0 saturated carbocycles. The standard InChI is InChI=1S/C19H16Cl2N2O4S/c20-14-3-7-16(8-4-14)22-19(24)13-23(12-17-2-1-11-27-17)28(25,26)18-9-5-15(21)6-10-18/h1-11H,12-13H2,(H,22,24). The summed E-state index contributed by atoms with van der Waals surface area (Å²) in [6.45, 7) is -0.486. The van der Waals surface area contributed by atoms with Crippen LogP contribution in [-0.4, -0.2) is 25.2 Å². The SMILES string of the molecule is O=C(CN(Cc1ccco1)S(=O)(=O)c1ccc(Cl)cc1)Nc1ccc(Cl)cc1. The maximum atomic E-state index is 13.0. The van der Waals surface area contributed by atoms with Gasteiger partial charge in [0.15, 0.2) is 0 Å². The molecule has 0 spiro atoms. The van der Waals surface area contributed by atoms with Gasteiger partial charge in [0.05, 0.1) is 24.2 Å². The Morgan fingerprint density at radius 2 is 1.57 bits per heavy atom. The molecule has 0 unspecified atom stereocenters. The van der Waals surface area contributed by atoms with Crippen LogP contribution >= 0.6 is 23.2 Å². The van der Waals surface area contributed by atoms with Crippen LogP contribution in [0.4, 0.5) is 5.69 Å². The van der Waals surface area contributed by atoms with Crippen LogP contribution in [0.25, 0.3) is 0 Å². The highest BCUT2D eigenvalue weighted by Gasteiger charge is 2.27. The topological polar surface area (TPSA) is 79.6 Å². The quantitative estimate of drug-likeness (QED) is 0.591. The monoisotopic (exact) mass is 438 g/mol. The molecule has 3 aromatic rings. The highest BCUT2D eigenvalue weighted by atomic mass is 35.5. The fourth-order valence-corrected chi connectivity index (χ4v) is 4.07. The molecule has 0 saturated heterocycles. The number of benzene rings is 2. The zero-order chi connectivity index (χ0) is 20.1. The molecule has 0 atom stereocenters. The number of carbonyl (C=O) groups is 1. The van der Waals surface area contributed by atoms with Gasteiger partial charge in [0.25, 0.3) is 0 Å². The minimum Gasteiger partial charge on any atom is -0.468 e. The van der Waals surface area contributed by atoms with E-state index >= 15 is 0 Å². The summed E-state index contributed by atoms with van der Waals surface area (Å²) in [4.78, 5) is 12.5. The van der Waals surface area contributed by atoms with Gasteiger partial charge in [-0.15, -0.1) is 0 Å². The summed E-state index contributed by atoms with van der Waals surface area (Å²) in [7, 11) is -3.96. The molecule has 28 heavy (non-hydrogen) atoms. The van der Waals surface area contributed by atoms with Crippen LogP contribution in [0.15, 0.2) is 76.2 Å². The lowest BCUT2D eigenvalue weighted by molar-refractivity contribution is -0.116. The molecule has 9 heteroatoms. The summed E-state index contributed by atoms with van der Waals surface area (Å²) in [5.74, 6) is -0.0803. The number of amides is 1. The molecule has 0 radical (unpaired) electrons. The van der Waals surface area contributed by atoms with E-state index in [0.717, 1.165) is 4.31 Å². The van der Waals surface area contributed by atoms with Crippen molar-refractivity contribution in [3.8, 4) is 0 Å². The van der Waals surface area contributed by atoms with Crippen molar-refractivity contribution in [2.24, 2.45) is 0 Å². The first-order valence-electron chi connectivity index (χ1n) is 8.18. The maximum Gasteiger partial charge on any atom is 0.243 e. The van der Waals surface area contributed by atoms with Crippen molar-refractivity contribution in [2.45, 2.75) is 11.4 Å². The van der Waals surface area contributed by atoms with E-state index in [9.17, 15) is 13.2 Å². The van der Waals surface area contributed by atoms with Gasteiger partial charge in [0.2, 0.25) is 15.9 Å². The second-order valence-electron chi connectivity index (χ2n) is 5.86. The van der Waals surface area contributed by atoms with Crippen LogP contribution in [0.2, 0.25) is 10.0 Å². The summed E-state index contributed by atoms with van der Waals surface area (Å²) < 4.78 is 32.4. The number of carbonyl (C=O) groups excluding carboxylic acids is 1. The van der Waals surface area contributed by atoms with Gasteiger partial charge >= 0.3 is 0 Å². The van der Waals surface area contributed by atoms with E-state index in [4.69, 9.17) is 27.6 Å². The number of hydrogen-bond donors (Lipinski definition) is 1. The first-order valence-corrected chi connectivity index (χ1v) is 10.4. The fourth-order valence-electron chi connectivity index (χ4n) is 2.45. The maximum absolute atomic E-state index is 13.0. The Morgan fingerprint density at radius 1 is 0.964 bits per heavy atom. The van der Waals surface area contributed by atoms with Crippen molar-refractivity contribution in [3.63, 3.8) is 0 Å². The van der Waals surface area contributed by atoms with Crippen molar-refractivity contribution in [3.05, 3.63) is 82.7 Å². The van der Waals surface area contributed by atoms with Gasteiger partial charge in [-0.1, -0.05) is 23.2 Å². The van der Waals surface area contributed by atoms with Gasteiger partial charge in [-0.2, -0.15) is 4.31 Å². The van der Waals surface area contributed by atoms with Gasteiger partial charge < -0.3 is 9.73 Å². The Bertz CT molecular complexity index is 1030. The highest BCUT2D eigenvalue weighted by Crippen LogP contribution is 2.21. The van der Waals surface area contributed by atoms with Crippen molar-refractivity contribution in [2.75, 3.05) is 11.9 Å². The minimum absolute atomic E-state index is 0.0303. The zero-order valence-corrected chi connectivity index (χ0v) is 16.8. The lowest BCUT2D eigenvalue weighted by Gasteiger charge is -2.21. The fraction of sp³-hybridized carbons (Fsp3) is 0.105. The van der Waals surface area contributed by atoms with E-state index in [2.05, 4.69) is 5.32 Å². The Morgan fingerprint density at radius 3 is 2.14 bits per heavy atom. The van der Waals surface area contributed by atoms with Crippen molar-refractivity contribution >= 4 is 44.8 Å². The number of anilines is 1. The first-order chi connectivity index (χ1) is 13.3. The smallest absolute Gasteiger partial charge is 0.243 e. The summed E-state index contributed by atoms with van der Waals surface area (Å²) >= 11 is 11.7. The molecule has 1 amide bonds.